The van der Waals surface area contributed by atoms with Gasteiger partial charge in [-0.05, 0) is 25.3 Å². The first-order chi connectivity index (χ1) is 11.3. The second kappa shape index (κ2) is 5.77. The fourth-order valence-corrected chi connectivity index (χ4v) is 3.22. The van der Waals surface area contributed by atoms with Crippen LogP contribution in [0.4, 0.5) is 0 Å². The summed E-state index contributed by atoms with van der Waals surface area (Å²) in [6.45, 7) is 1.53. The smallest absolute Gasteiger partial charge is 0.272 e. The van der Waals surface area contributed by atoms with Crippen molar-refractivity contribution in [3.05, 3.63) is 30.1 Å². The van der Waals surface area contributed by atoms with Crippen molar-refractivity contribution in [3.8, 4) is 0 Å². The van der Waals surface area contributed by atoms with Gasteiger partial charge in [0.05, 0.1) is 19.3 Å². The number of morpholine rings is 1. The lowest BCUT2D eigenvalue weighted by Crippen LogP contribution is -2.45. The van der Waals surface area contributed by atoms with Crippen LogP contribution >= 0.6 is 0 Å². The second-order valence-corrected chi connectivity index (χ2v) is 6.08. The molecule has 1 saturated heterocycles. The molecule has 1 aliphatic carbocycles. The molecular formula is C15H20N6O2. The van der Waals surface area contributed by atoms with E-state index in [1.807, 2.05) is 22.7 Å². The molecule has 1 amide bonds. The van der Waals surface area contributed by atoms with Gasteiger partial charge in [-0.3, -0.25) is 14.2 Å². The van der Waals surface area contributed by atoms with E-state index in [9.17, 15) is 4.79 Å². The quantitative estimate of drug-likeness (QED) is 0.842. The first-order valence-corrected chi connectivity index (χ1v) is 8.02. The number of hydrogen-bond donors (Lipinski definition) is 0. The van der Waals surface area contributed by atoms with Gasteiger partial charge in [-0.2, -0.15) is 10.2 Å². The predicted octanol–water partition coefficient (Wildman–Crippen LogP) is 0.950. The summed E-state index contributed by atoms with van der Waals surface area (Å²) in [6.07, 6.45) is 6.61. The third-order valence-corrected chi connectivity index (χ3v) is 4.74. The van der Waals surface area contributed by atoms with E-state index in [4.69, 9.17) is 4.74 Å². The monoisotopic (exact) mass is 316 g/mol. The van der Waals surface area contributed by atoms with Crippen LogP contribution in [0.1, 0.15) is 47.7 Å². The van der Waals surface area contributed by atoms with Gasteiger partial charge in [0.15, 0.2) is 5.82 Å². The minimum atomic E-state index is -0.214. The number of amides is 1. The highest BCUT2D eigenvalue weighted by molar-refractivity contribution is 5.93. The summed E-state index contributed by atoms with van der Waals surface area (Å²) in [5.74, 6) is 0.735. The van der Waals surface area contributed by atoms with Crippen LogP contribution in [0.25, 0.3) is 0 Å². The van der Waals surface area contributed by atoms with Crippen molar-refractivity contribution >= 4 is 5.91 Å². The molecule has 0 spiro atoms. The minimum Gasteiger partial charge on any atom is -0.377 e. The van der Waals surface area contributed by atoms with Gasteiger partial charge in [-0.25, -0.2) is 4.98 Å². The van der Waals surface area contributed by atoms with E-state index in [1.54, 1.807) is 10.9 Å². The number of hydrogen-bond acceptors (Lipinski definition) is 5. The second-order valence-electron chi connectivity index (χ2n) is 6.08. The van der Waals surface area contributed by atoms with Crippen molar-refractivity contribution < 1.29 is 9.53 Å². The molecule has 0 bridgehead atoms. The fraction of sp³-hybridized carbons (Fsp3) is 0.600. The van der Waals surface area contributed by atoms with Gasteiger partial charge in [0.25, 0.3) is 5.91 Å². The van der Waals surface area contributed by atoms with Crippen molar-refractivity contribution in [3.63, 3.8) is 0 Å². The molecule has 4 rings (SSSR count). The van der Waals surface area contributed by atoms with Gasteiger partial charge < -0.3 is 9.64 Å². The third kappa shape index (κ3) is 2.42. The van der Waals surface area contributed by atoms with E-state index in [0.29, 0.717) is 31.5 Å². The summed E-state index contributed by atoms with van der Waals surface area (Å²) in [6, 6.07) is 1.95. The van der Waals surface area contributed by atoms with Crippen molar-refractivity contribution in [1.29, 1.82) is 0 Å². The summed E-state index contributed by atoms with van der Waals surface area (Å²) in [5, 5.41) is 8.48. The number of ether oxygens (including phenoxy) is 1. The molecule has 1 atom stereocenters. The topological polar surface area (TPSA) is 78.1 Å². The highest BCUT2D eigenvalue weighted by Crippen LogP contribution is 2.33. The zero-order chi connectivity index (χ0) is 15.8. The average molecular weight is 316 g/mol. The number of rotatable bonds is 3. The third-order valence-electron chi connectivity index (χ3n) is 4.74. The lowest BCUT2D eigenvalue weighted by molar-refractivity contribution is -0.00704. The van der Waals surface area contributed by atoms with Crippen molar-refractivity contribution in [2.75, 3.05) is 19.8 Å². The zero-order valence-corrected chi connectivity index (χ0v) is 13.1. The first-order valence-electron chi connectivity index (χ1n) is 8.02. The molecule has 23 heavy (non-hydrogen) atoms. The Labute approximate surface area is 134 Å². The Morgan fingerprint density at radius 3 is 2.91 bits per heavy atom. The summed E-state index contributed by atoms with van der Waals surface area (Å²) >= 11 is 0. The van der Waals surface area contributed by atoms with Crippen LogP contribution in [0.5, 0.6) is 0 Å². The number of nitrogens with zero attached hydrogens (tertiary/aromatic N) is 6. The van der Waals surface area contributed by atoms with Crippen LogP contribution in [0.15, 0.2) is 18.6 Å². The lowest BCUT2D eigenvalue weighted by atomic mass is 9.93. The van der Waals surface area contributed by atoms with Crippen LogP contribution in [-0.4, -0.2) is 55.1 Å². The van der Waals surface area contributed by atoms with Crippen LogP contribution in [0.3, 0.4) is 0 Å². The Kier molecular flexibility index (Phi) is 3.60. The largest absolute Gasteiger partial charge is 0.377 e. The number of aromatic nitrogens is 5. The van der Waals surface area contributed by atoms with Gasteiger partial charge >= 0.3 is 0 Å². The molecule has 2 aromatic rings. The predicted molar refractivity (Wildman–Crippen MR) is 80.7 cm³/mol. The maximum atomic E-state index is 13.1. The molecule has 1 saturated carbocycles. The highest BCUT2D eigenvalue weighted by atomic mass is 16.5. The van der Waals surface area contributed by atoms with Crippen LogP contribution < -0.4 is 0 Å². The molecule has 1 aliphatic heterocycles. The van der Waals surface area contributed by atoms with E-state index >= 15 is 0 Å². The van der Waals surface area contributed by atoms with E-state index < -0.39 is 0 Å². The molecule has 0 N–H and O–H groups in total. The molecule has 2 fully saturated rings. The van der Waals surface area contributed by atoms with Crippen molar-refractivity contribution in [1.82, 2.24) is 29.4 Å². The molecule has 122 valence electrons. The summed E-state index contributed by atoms with van der Waals surface area (Å²) in [4.78, 5) is 19.2. The number of aryl methyl sites for hydroxylation is 1. The fourth-order valence-electron chi connectivity index (χ4n) is 3.22. The Hall–Kier alpha value is -2.22. The lowest BCUT2D eigenvalue weighted by Gasteiger charge is -2.35. The summed E-state index contributed by atoms with van der Waals surface area (Å²) in [5.41, 5.74) is 0.656. The van der Waals surface area contributed by atoms with Crippen LogP contribution in [0.2, 0.25) is 0 Å². The molecule has 8 nitrogen and oxygen atoms in total. The van der Waals surface area contributed by atoms with E-state index in [1.165, 1.54) is 12.7 Å². The van der Waals surface area contributed by atoms with Gasteiger partial charge in [-0.1, -0.05) is 0 Å². The normalized spacial score (nSPS) is 22.1. The summed E-state index contributed by atoms with van der Waals surface area (Å²) < 4.78 is 9.15. The molecule has 8 heteroatoms. The van der Waals surface area contributed by atoms with Gasteiger partial charge in [0.1, 0.15) is 18.1 Å². The van der Waals surface area contributed by atoms with E-state index in [2.05, 4.69) is 15.2 Å². The van der Waals surface area contributed by atoms with Crippen molar-refractivity contribution in [2.24, 2.45) is 7.05 Å². The molecule has 1 unspecified atom stereocenters. The average Bonchev–Trinajstić information content (AvgIpc) is 3.14. The standard InChI is InChI=1S/C15H20N6O2/c1-19-14(16-10-18-19)13-9-23-8-7-20(13)15(22)12-5-6-17-21(12)11-3-2-4-11/h5-6,10-11,13H,2-4,7-9H2,1H3. The Morgan fingerprint density at radius 1 is 1.35 bits per heavy atom. The van der Waals surface area contributed by atoms with E-state index in [-0.39, 0.29) is 11.9 Å². The molecule has 0 radical (unpaired) electrons. The number of carbonyl (C=O) groups is 1. The molecule has 0 aromatic carbocycles. The molecule has 2 aliphatic rings. The molecule has 3 heterocycles. The van der Waals surface area contributed by atoms with Crippen LogP contribution in [-0.2, 0) is 11.8 Å². The molecule has 2 aromatic heterocycles. The first kappa shape index (κ1) is 14.4. The van der Waals surface area contributed by atoms with Gasteiger partial charge in [-0.15, -0.1) is 0 Å². The Morgan fingerprint density at radius 2 is 2.22 bits per heavy atom. The highest BCUT2D eigenvalue weighted by Gasteiger charge is 2.34. The molecular weight excluding hydrogens is 296 g/mol. The van der Waals surface area contributed by atoms with Crippen molar-refractivity contribution in [2.45, 2.75) is 31.3 Å². The zero-order valence-electron chi connectivity index (χ0n) is 13.1. The summed E-state index contributed by atoms with van der Waals surface area (Å²) in [7, 11) is 1.83. The Balaban J connectivity index is 1.63. The van der Waals surface area contributed by atoms with Gasteiger partial charge in [0, 0.05) is 19.8 Å². The SMILES string of the molecule is Cn1ncnc1C1COCCN1C(=O)c1ccnn1C1CCC1. The number of carbonyl (C=O) groups excluding carboxylic acids is 1. The van der Waals surface area contributed by atoms with E-state index in [0.717, 1.165) is 18.7 Å². The Bertz CT molecular complexity index is 704. The van der Waals surface area contributed by atoms with Crippen LogP contribution in [0, 0.1) is 0 Å². The maximum absolute atomic E-state index is 13.1. The van der Waals surface area contributed by atoms with Gasteiger partial charge in [0.2, 0.25) is 0 Å². The maximum Gasteiger partial charge on any atom is 0.272 e. The minimum absolute atomic E-state index is 0.00861.